The fourth-order valence-electron chi connectivity index (χ4n) is 8.69. The number of rotatable bonds is 8. The number of ether oxygens (including phenoxy) is 7. The van der Waals surface area contributed by atoms with Gasteiger partial charge >= 0.3 is 5.97 Å². The number of carbonyl (C=O) groups excluding carboxylic acids is 2. The van der Waals surface area contributed by atoms with Crippen LogP contribution in [0, 0.1) is 28.9 Å². The molecule has 3 rings (SSSR count). The van der Waals surface area contributed by atoms with Crippen LogP contribution >= 0.6 is 0 Å². The molecule has 0 aromatic carbocycles. The minimum Gasteiger partial charge on any atom is -0.633 e. The summed E-state index contributed by atoms with van der Waals surface area (Å²) in [6.45, 7) is 16.6. The maximum Gasteiger partial charge on any atom is 0.311 e. The lowest BCUT2D eigenvalue weighted by molar-refractivity contribution is -0.874. The van der Waals surface area contributed by atoms with E-state index in [2.05, 4.69) is 0 Å². The van der Waals surface area contributed by atoms with Crippen LogP contribution in [-0.2, 0) is 42.7 Å². The smallest absolute Gasteiger partial charge is 0.311 e. The average molecular weight is 764 g/mol. The van der Waals surface area contributed by atoms with E-state index in [9.17, 15) is 35.2 Å². The van der Waals surface area contributed by atoms with Crippen molar-refractivity contribution in [2.75, 3.05) is 28.3 Å². The van der Waals surface area contributed by atoms with Crippen molar-refractivity contribution in [2.45, 2.75) is 179 Å². The summed E-state index contributed by atoms with van der Waals surface area (Å²) >= 11 is 0. The zero-order valence-corrected chi connectivity index (χ0v) is 34.3. The fourth-order valence-corrected chi connectivity index (χ4v) is 8.69. The first-order valence-electron chi connectivity index (χ1n) is 19.1. The first kappa shape index (κ1) is 46.0. The summed E-state index contributed by atoms with van der Waals surface area (Å²) in [6.07, 6.45) is -10.1. The molecule has 0 aliphatic carbocycles. The first-order chi connectivity index (χ1) is 24.3. The van der Waals surface area contributed by atoms with Crippen molar-refractivity contribution in [3.63, 3.8) is 0 Å². The third-order valence-electron chi connectivity index (χ3n) is 12.4. The molecule has 18 atom stereocenters. The molecular formula is C38H69NO14. The van der Waals surface area contributed by atoms with Gasteiger partial charge in [0.25, 0.3) is 0 Å². The number of nitrogens with zero attached hydrogens (tertiary/aromatic N) is 1. The van der Waals surface area contributed by atoms with E-state index in [1.54, 1.807) is 55.4 Å². The predicted octanol–water partition coefficient (Wildman–Crippen LogP) is 2.45. The summed E-state index contributed by atoms with van der Waals surface area (Å²) in [4.78, 5) is 28.2. The third kappa shape index (κ3) is 9.80. The Morgan fingerprint density at radius 1 is 0.868 bits per heavy atom. The standard InChI is InChI=1S/C38H69NO14/c1-15-26-38(10,45)31(42)21(4)28(40)19(2)17-37(9,48-14)33(53-35-29(41)25(39(11,12)46)16-20(3)49-35)22(5)30(23(6)34(44)51-26)52-27-18-36(8,47-13)32(43)24(7)50-27/h19-27,29-33,35,41-43,45H,15-18H2,1-14H3/t19-,20-,21+,22+,23-,24+,25+,26-,27+,29-,30+,31?,32+,33-,35+,36-,37-,38-/m1/s1. The van der Waals surface area contributed by atoms with E-state index in [-0.39, 0.29) is 31.5 Å². The lowest BCUT2D eigenvalue weighted by Crippen LogP contribution is -2.63. The molecule has 3 heterocycles. The van der Waals surface area contributed by atoms with Gasteiger partial charge in [0, 0.05) is 44.8 Å². The highest BCUT2D eigenvalue weighted by atomic mass is 16.7. The Kier molecular flexibility index (Phi) is 15.1. The van der Waals surface area contributed by atoms with Gasteiger partial charge in [-0.1, -0.05) is 27.7 Å². The number of methoxy groups -OCH3 is 2. The zero-order chi connectivity index (χ0) is 40.6. The zero-order valence-electron chi connectivity index (χ0n) is 34.3. The van der Waals surface area contributed by atoms with Crippen molar-refractivity contribution < 1.29 is 67.8 Å². The van der Waals surface area contributed by atoms with Crippen LogP contribution in [0.4, 0.5) is 0 Å². The molecule has 15 heteroatoms. The maximum atomic E-state index is 14.2. The van der Waals surface area contributed by atoms with Crippen LogP contribution in [0.2, 0.25) is 0 Å². The molecule has 1 unspecified atom stereocenters. The predicted molar refractivity (Wildman–Crippen MR) is 193 cm³/mol. The highest BCUT2D eigenvalue weighted by Crippen LogP contribution is 2.42. The summed E-state index contributed by atoms with van der Waals surface area (Å²) in [7, 11) is 5.84. The van der Waals surface area contributed by atoms with Gasteiger partial charge in [0.15, 0.2) is 18.7 Å². The Bertz CT molecular complexity index is 1230. The van der Waals surface area contributed by atoms with Crippen LogP contribution in [0.3, 0.4) is 0 Å². The number of cyclic esters (lactones) is 1. The molecule has 3 aliphatic heterocycles. The molecule has 0 spiro atoms. The van der Waals surface area contributed by atoms with Gasteiger partial charge in [0.2, 0.25) is 0 Å². The second-order valence-electron chi connectivity index (χ2n) is 17.1. The molecule has 4 N–H and O–H groups in total. The van der Waals surface area contributed by atoms with E-state index in [4.69, 9.17) is 33.2 Å². The maximum absolute atomic E-state index is 14.2. The molecule has 0 bridgehead atoms. The minimum atomic E-state index is -1.99. The number of aliphatic hydroxyl groups is 4. The Hall–Kier alpha value is -1.34. The molecule has 3 fully saturated rings. The van der Waals surface area contributed by atoms with Crippen molar-refractivity contribution >= 4 is 11.8 Å². The van der Waals surface area contributed by atoms with Crippen LogP contribution in [0.15, 0.2) is 0 Å². The van der Waals surface area contributed by atoms with Gasteiger partial charge in [-0.25, -0.2) is 0 Å². The molecule has 0 amide bonds. The molecule has 3 aliphatic rings. The number of Topliss-reactive ketones (excluding diaryl/α,β-unsaturated/α-hetero) is 1. The second-order valence-corrected chi connectivity index (χ2v) is 17.1. The Balaban J connectivity index is 2.23. The number of quaternary nitrogens is 1. The second kappa shape index (κ2) is 17.4. The van der Waals surface area contributed by atoms with E-state index in [0.717, 1.165) is 0 Å². The third-order valence-corrected chi connectivity index (χ3v) is 12.4. The van der Waals surface area contributed by atoms with Crippen LogP contribution in [0.25, 0.3) is 0 Å². The van der Waals surface area contributed by atoms with Gasteiger partial charge in [-0.3, -0.25) is 9.59 Å². The van der Waals surface area contributed by atoms with E-state index >= 15 is 0 Å². The number of hydrogen-bond acceptors (Lipinski definition) is 14. The van der Waals surface area contributed by atoms with Gasteiger partial charge < -0.3 is 63.4 Å². The Morgan fingerprint density at radius 3 is 1.98 bits per heavy atom. The lowest BCUT2D eigenvalue weighted by Gasteiger charge is -2.51. The summed E-state index contributed by atoms with van der Waals surface area (Å²) < 4.78 is 42.8. The molecule has 310 valence electrons. The SMILES string of the molecule is CC[C@H]1OC(=O)[C@H](C)[C@@H](O[C@H]2C[C@@](C)(OC)[C@@H](O)[C@H](C)O2)[C@H](C)[C@@H](O[C@@H]2O[C@H](C)C[C@H]([N+](C)(C)[O-])[C@H]2O)[C@](C)(OC)C[C@@H](C)C(=O)[C@H](C)C(O)[C@]1(C)O. The summed E-state index contributed by atoms with van der Waals surface area (Å²) in [5, 5.41) is 58.7. The molecule has 15 nitrogen and oxygen atoms in total. The molecule has 0 saturated carbocycles. The highest BCUT2D eigenvalue weighted by molar-refractivity contribution is 5.83. The van der Waals surface area contributed by atoms with E-state index in [1.807, 2.05) is 0 Å². The molecular weight excluding hydrogens is 694 g/mol. The van der Waals surface area contributed by atoms with Crippen LogP contribution in [0.5, 0.6) is 0 Å². The van der Waals surface area contributed by atoms with E-state index < -0.39 is 119 Å². The summed E-state index contributed by atoms with van der Waals surface area (Å²) in [5.41, 5.74) is -4.38. The molecule has 53 heavy (non-hydrogen) atoms. The van der Waals surface area contributed by atoms with E-state index in [0.29, 0.717) is 0 Å². The lowest BCUT2D eigenvalue weighted by atomic mass is 9.74. The largest absolute Gasteiger partial charge is 0.633 e. The van der Waals surface area contributed by atoms with Crippen molar-refractivity contribution in [3.8, 4) is 0 Å². The number of esters is 1. The van der Waals surface area contributed by atoms with Gasteiger partial charge in [0.05, 0.1) is 61.7 Å². The minimum absolute atomic E-state index is 0.0507. The Morgan fingerprint density at radius 2 is 1.45 bits per heavy atom. The topological polar surface area (TPSA) is 203 Å². The quantitative estimate of drug-likeness (QED) is 0.160. The number of hydroxylamine groups is 3. The van der Waals surface area contributed by atoms with Crippen LogP contribution in [0.1, 0.15) is 94.9 Å². The average Bonchev–Trinajstić information content (AvgIpc) is 3.08. The number of carbonyl (C=O) groups is 2. The van der Waals surface area contributed by atoms with Gasteiger partial charge in [-0.2, -0.15) is 0 Å². The normalized spacial score (nSPS) is 48.5. The van der Waals surface area contributed by atoms with Crippen LogP contribution in [-0.4, -0.2) is 149 Å². The van der Waals surface area contributed by atoms with Crippen molar-refractivity contribution in [2.24, 2.45) is 23.7 Å². The highest BCUT2D eigenvalue weighted by Gasteiger charge is 2.54. The van der Waals surface area contributed by atoms with Crippen molar-refractivity contribution in [1.29, 1.82) is 0 Å². The first-order valence-corrected chi connectivity index (χ1v) is 19.1. The molecule has 0 radical (unpaired) electrons. The Labute approximate surface area is 315 Å². The summed E-state index contributed by atoms with van der Waals surface area (Å²) in [5.74, 6) is -4.76. The van der Waals surface area contributed by atoms with Crippen molar-refractivity contribution in [1.82, 2.24) is 0 Å². The fraction of sp³-hybridized carbons (Fsp3) is 0.947. The molecule has 0 aromatic heterocycles. The number of aliphatic hydroxyl groups excluding tert-OH is 3. The van der Waals surface area contributed by atoms with Gasteiger partial charge in [-0.15, -0.1) is 0 Å². The number of ketones is 1. The van der Waals surface area contributed by atoms with E-state index in [1.165, 1.54) is 42.2 Å². The monoisotopic (exact) mass is 763 g/mol. The van der Waals surface area contributed by atoms with Gasteiger partial charge in [-0.05, 0) is 54.4 Å². The number of hydrogen-bond donors (Lipinski definition) is 4. The van der Waals surface area contributed by atoms with Gasteiger partial charge in [0.1, 0.15) is 29.6 Å². The van der Waals surface area contributed by atoms with Crippen LogP contribution < -0.4 is 0 Å². The molecule has 3 saturated heterocycles. The van der Waals surface area contributed by atoms with Crippen molar-refractivity contribution in [3.05, 3.63) is 5.21 Å². The molecule has 0 aromatic rings. The summed E-state index contributed by atoms with van der Waals surface area (Å²) in [6, 6.07) is -0.788. The number of likely N-dealkylation sites (N-methyl/N-ethyl adjacent to an activating group) is 1.